The van der Waals surface area contributed by atoms with Gasteiger partial charge in [0.2, 0.25) is 0 Å². The second kappa shape index (κ2) is 5.60. The second-order valence-corrected chi connectivity index (χ2v) is 6.35. The van der Waals surface area contributed by atoms with E-state index in [1.807, 2.05) is 20.8 Å². The first-order valence-corrected chi connectivity index (χ1v) is 6.40. The van der Waals surface area contributed by atoms with Crippen LogP contribution in [0.15, 0.2) is 0 Å². The molecule has 0 radical (unpaired) electrons. The van der Waals surface area contributed by atoms with Gasteiger partial charge in [-0.3, -0.25) is 9.59 Å². The molecule has 1 aliphatic carbocycles. The van der Waals surface area contributed by atoms with E-state index >= 15 is 0 Å². The van der Waals surface area contributed by atoms with E-state index in [1.54, 1.807) is 0 Å². The van der Waals surface area contributed by atoms with Crippen LogP contribution in [0.1, 0.15) is 65.7 Å². The Hall–Kier alpha value is -0.660. The number of Topliss-reactive ketones (excluding diaryl/α,β-unsaturated/α-hetero) is 2. The maximum atomic E-state index is 11.7. The molecule has 0 atom stereocenters. The van der Waals surface area contributed by atoms with Gasteiger partial charge in [0.1, 0.15) is 11.6 Å². The van der Waals surface area contributed by atoms with Crippen molar-refractivity contribution < 1.29 is 9.59 Å². The van der Waals surface area contributed by atoms with E-state index in [9.17, 15) is 9.59 Å². The number of rotatable bonds is 5. The Morgan fingerprint density at radius 2 is 1.62 bits per heavy atom. The van der Waals surface area contributed by atoms with E-state index < -0.39 is 0 Å². The van der Waals surface area contributed by atoms with Gasteiger partial charge in [0.15, 0.2) is 0 Å². The van der Waals surface area contributed by atoms with Gasteiger partial charge in [-0.15, -0.1) is 0 Å². The number of hydrogen-bond donors (Lipinski definition) is 0. The molecule has 1 rings (SSSR count). The minimum atomic E-state index is 0.00468. The zero-order valence-corrected chi connectivity index (χ0v) is 10.8. The van der Waals surface area contributed by atoms with Crippen LogP contribution < -0.4 is 0 Å². The molecule has 0 spiro atoms. The molecule has 0 amide bonds. The van der Waals surface area contributed by atoms with Crippen molar-refractivity contribution in [3.8, 4) is 0 Å². The zero-order chi connectivity index (χ0) is 12.2. The molecule has 0 unspecified atom stereocenters. The van der Waals surface area contributed by atoms with Crippen LogP contribution in [0.3, 0.4) is 0 Å². The van der Waals surface area contributed by atoms with Gasteiger partial charge < -0.3 is 0 Å². The molecule has 1 fully saturated rings. The maximum Gasteiger partial charge on any atom is 0.140 e. The quantitative estimate of drug-likeness (QED) is 0.669. The average molecular weight is 224 g/mol. The van der Waals surface area contributed by atoms with E-state index in [0.717, 1.165) is 0 Å². The van der Waals surface area contributed by atoms with E-state index in [4.69, 9.17) is 0 Å². The van der Waals surface area contributed by atoms with Crippen molar-refractivity contribution in [1.29, 1.82) is 0 Å². The van der Waals surface area contributed by atoms with Gasteiger partial charge in [-0.25, -0.2) is 0 Å². The van der Waals surface area contributed by atoms with Gasteiger partial charge in [-0.2, -0.15) is 0 Å². The standard InChI is InChI=1S/C14H24O2/c1-14(2,3)10-13(16)9-12(15)8-11-6-4-5-7-11/h11H,4-10H2,1-3H3. The molecule has 1 aliphatic rings. The molecule has 2 heteroatoms. The highest BCUT2D eigenvalue weighted by Crippen LogP contribution is 2.28. The number of carbonyl (C=O) groups is 2. The molecule has 2 nitrogen and oxygen atoms in total. The van der Waals surface area contributed by atoms with Crippen LogP contribution in [-0.2, 0) is 9.59 Å². The van der Waals surface area contributed by atoms with E-state index in [1.165, 1.54) is 25.7 Å². The predicted molar refractivity (Wildman–Crippen MR) is 65.3 cm³/mol. The molecule has 0 saturated heterocycles. The monoisotopic (exact) mass is 224 g/mol. The lowest BCUT2D eigenvalue weighted by molar-refractivity contribution is -0.128. The summed E-state index contributed by atoms with van der Waals surface area (Å²) in [6.45, 7) is 6.10. The van der Waals surface area contributed by atoms with Crippen LogP contribution in [0.25, 0.3) is 0 Å². The van der Waals surface area contributed by atoms with E-state index in [2.05, 4.69) is 0 Å². The molecule has 0 aromatic rings. The Labute approximate surface area is 98.8 Å². The maximum absolute atomic E-state index is 11.7. The highest BCUT2D eigenvalue weighted by atomic mass is 16.1. The number of ketones is 2. The highest BCUT2D eigenvalue weighted by molar-refractivity contribution is 5.99. The molecule has 92 valence electrons. The normalized spacial score (nSPS) is 17.7. The summed E-state index contributed by atoms with van der Waals surface area (Å²) < 4.78 is 0. The fourth-order valence-corrected chi connectivity index (χ4v) is 2.48. The molecule has 0 heterocycles. The highest BCUT2D eigenvalue weighted by Gasteiger charge is 2.22. The van der Waals surface area contributed by atoms with Gasteiger partial charge >= 0.3 is 0 Å². The smallest absolute Gasteiger partial charge is 0.140 e. The van der Waals surface area contributed by atoms with Crippen molar-refractivity contribution in [2.45, 2.75) is 65.7 Å². The summed E-state index contributed by atoms with van der Waals surface area (Å²) in [6.07, 6.45) is 6.19. The van der Waals surface area contributed by atoms with Crippen molar-refractivity contribution in [2.24, 2.45) is 11.3 Å². The molecule has 0 aromatic carbocycles. The third kappa shape index (κ3) is 5.43. The van der Waals surface area contributed by atoms with Crippen molar-refractivity contribution in [2.75, 3.05) is 0 Å². The van der Waals surface area contributed by atoms with Gasteiger partial charge in [-0.1, -0.05) is 46.5 Å². The molecule has 0 aliphatic heterocycles. The summed E-state index contributed by atoms with van der Waals surface area (Å²) in [4.78, 5) is 23.3. The Bertz CT molecular complexity index is 254. The molecule has 1 saturated carbocycles. The second-order valence-electron chi connectivity index (χ2n) is 6.35. The summed E-state index contributed by atoms with van der Waals surface area (Å²) in [6, 6.07) is 0. The lowest BCUT2D eigenvalue weighted by Crippen LogP contribution is -2.17. The van der Waals surface area contributed by atoms with Crippen LogP contribution in [0.2, 0.25) is 0 Å². The molecule has 16 heavy (non-hydrogen) atoms. The first-order valence-electron chi connectivity index (χ1n) is 6.40. The lowest BCUT2D eigenvalue weighted by Gasteiger charge is -2.16. The van der Waals surface area contributed by atoms with Gasteiger partial charge in [0, 0.05) is 12.8 Å². The Balaban J connectivity index is 2.25. The molecule has 0 aromatic heterocycles. The third-order valence-electron chi connectivity index (χ3n) is 3.11. The first kappa shape index (κ1) is 13.4. The van der Waals surface area contributed by atoms with Crippen LogP contribution in [0.4, 0.5) is 0 Å². The summed E-state index contributed by atoms with van der Waals surface area (Å²) in [5.74, 6) is 0.826. The van der Waals surface area contributed by atoms with Gasteiger partial charge in [0.05, 0.1) is 6.42 Å². The van der Waals surface area contributed by atoms with Gasteiger partial charge in [-0.05, 0) is 11.3 Å². The van der Waals surface area contributed by atoms with E-state index in [0.29, 0.717) is 18.8 Å². The fourth-order valence-electron chi connectivity index (χ4n) is 2.48. The molecule has 0 bridgehead atoms. The van der Waals surface area contributed by atoms with Crippen LogP contribution in [0, 0.1) is 11.3 Å². The molecule has 0 N–H and O–H groups in total. The predicted octanol–water partition coefficient (Wildman–Crippen LogP) is 3.53. The summed E-state index contributed by atoms with van der Waals surface area (Å²) in [5, 5.41) is 0. The van der Waals surface area contributed by atoms with Crippen molar-refractivity contribution >= 4 is 11.6 Å². The van der Waals surface area contributed by atoms with Crippen LogP contribution in [-0.4, -0.2) is 11.6 Å². The average Bonchev–Trinajstić information content (AvgIpc) is 2.51. The Morgan fingerprint density at radius 3 is 2.12 bits per heavy atom. The van der Waals surface area contributed by atoms with Crippen molar-refractivity contribution in [3.63, 3.8) is 0 Å². The van der Waals surface area contributed by atoms with Crippen molar-refractivity contribution in [1.82, 2.24) is 0 Å². The molecular formula is C14H24O2. The first-order chi connectivity index (χ1) is 7.37. The number of carbonyl (C=O) groups excluding carboxylic acids is 2. The fraction of sp³-hybridized carbons (Fsp3) is 0.857. The van der Waals surface area contributed by atoms with Crippen LogP contribution >= 0.6 is 0 Å². The topological polar surface area (TPSA) is 34.1 Å². The summed E-state index contributed by atoms with van der Waals surface area (Å²) in [5.41, 5.74) is 0.00468. The minimum Gasteiger partial charge on any atom is -0.299 e. The Morgan fingerprint density at radius 1 is 1.06 bits per heavy atom. The number of hydrogen-bond acceptors (Lipinski definition) is 2. The largest absolute Gasteiger partial charge is 0.299 e. The van der Waals surface area contributed by atoms with Gasteiger partial charge in [0.25, 0.3) is 0 Å². The SMILES string of the molecule is CC(C)(C)CC(=O)CC(=O)CC1CCCC1. The van der Waals surface area contributed by atoms with Crippen LogP contribution in [0.5, 0.6) is 0 Å². The summed E-state index contributed by atoms with van der Waals surface area (Å²) in [7, 11) is 0. The summed E-state index contributed by atoms with van der Waals surface area (Å²) >= 11 is 0. The minimum absolute atomic E-state index is 0.00468. The van der Waals surface area contributed by atoms with Crippen molar-refractivity contribution in [3.05, 3.63) is 0 Å². The lowest BCUT2D eigenvalue weighted by atomic mass is 9.88. The third-order valence-corrected chi connectivity index (χ3v) is 3.11. The molecular weight excluding hydrogens is 200 g/mol. The van der Waals surface area contributed by atoms with E-state index in [-0.39, 0.29) is 23.4 Å². The zero-order valence-electron chi connectivity index (χ0n) is 10.8. The Kier molecular flexibility index (Phi) is 4.69.